The van der Waals surface area contributed by atoms with Crippen LogP contribution in [-0.4, -0.2) is 173 Å². The highest BCUT2D eigenvalue weighted by Gasteiger charge is 2.45. The van der Waals surface area contributed by atoms with E-state index in [0.717, 1.165) is 51.3 Å². The Bertz CT molecular complexity index is 1710. The van der Waals surface area contributed by atoms with E-state index < -0.39 is 84.3 Å². The maximum atomic E-state index is 13.9. The third-order valence-electron chi connectivity index (χ3n) is 14.4. The minimum absolute atomic E-state index is 0.0190. The molecule has 1 aromatic carbocycles. The summed E-state index contributed by atoms with van der Waals surface area (Å²) in [6.45, 7) is 16.0. The quantitative estimate of drug-likeness (QED) is 0.104. The van der Waals surface area contributed by atoms with Gasteiger partial charge in [0.1, 0.15) is 41.6 Å². The second-order valence-electron chi connectivity index (χ2n) is 21.0. The number of methoxy groups -OCH3 is 1. The van der Waals surface area contributed by atoms with E-state index >= 15 is 0 Å². The van der Waals surface area contributed by atoms with Crippen molar-refractivity contribution in [3.63, 3.8) is 0 Å². The summed E-state index contributed by atoms with van der Waals surface area (Å²) in [4.78, 5) is 18.1. The van der Waals surface area contributed by atoms with E-state index in [0.29, 0.717) is 67.6 Å². The number of likely N-dealkylation sites (N-methyl/N-ethyl adjacent to an activating group) is 1. The van der Waals surface area contributed by atoms with Crippen molar-refractivity contribution in [1.29, 1.82) is 0 Å². The Balaban J connectivity index is 0.000000363. The summed E-state index contributed by atoms with van der Waals surface area (Å²) in [7, 11) is 5.21. The first-order valence-corrected chi connectivity index (χ1v) is 27.1. The molecule has 71 heavy (non-hydrogen) atoms. The molecule has 17 atom stereocenters. The van der Waals surface area contributed by atoms with E-state index in [1.807, 2.05) is 58.8 Å². The van der Waals surface area contributed by atoms with Gasteiger partial charge in [-0.25, -0.2) is 13.3 Å². The van der Waals surface area contributed by atoms with Crippen LogP contribution in [0.2, 0.25) is 0 Å². The fourth-order valence-corrected chi connectivity index (χ4v) is 10.9. The number of esters is 1. The maximum absolute atomic E-state index is 13.9. The zero-order valence-electron chi connectivity index (χ0n) is 44.9. The minimum atomic E-state index is -1.63. The SMILES string of the molecule is CC[C@H]1OC(=O)C(C)[C@@H](O[C@H]2CC(C)CC(C)O2)CCC(O)C[C@@H](C)CN(C)C(C)C(O)C1(C)O.CO.COC(c1ccc(S(=O)NC2CC2)cc1)C(CF)N/C=C(\N)CCN(C)C1CC(C)OC(O)C1. The monoisotopic (exact) mass is 1030 g/mol. The lowest BCUT2D eigenvalue weighted by molar-refractivity contribution is -0.233. The summed E-state index contributed by atoms with van der Waals surface area (Å²) >= 11 is 0. The number of halogens is 1. The van der Waals surface area contributed by atoms with Crippen molar-refractivity contribution >= 4 is 17.0 Å². The largest absolute Gasteiger partial charge is 0.459 e. The van der Waals surface area contributed by atoms with Gasteiger partial charge in [-0.05, 0) is 130 Å². The number of aliphatic hydroxyl groups is 5. The van der Waals surface area contributed by atoms with Gasteiger partial charge in [0.25, 0.3) is 0 Å². The summed E-state index contributed by atoms with van der Waals surface area (Å²) in [5.74, 6) is -0.465. The molecule has 1 aromatic rings. The van der Waals surface area contributed by atoms with Gasteiger partial charge in [-0.1, -0.05) is 32.9 Å². The van der Waals surface area contributed by atoms with Crippen molar-refractivity contribution in [3.05, 3.63) is 41.7 Å². The number of hydrogen-bond donors (Lipinski definition) is 8. The lowest BCUT2D eigenvalue weighted by Crippen LogP contribution is -2.59. The van der Waals surface area contributed by atoms with Gasteiger partial charge in [0.15, 0.2) is 12.6 Å². The van der Waals surface area contributed by atoms with Crippen LogP contribution < -0.4 is 15.8 Å². The zero-order chi connectivity index (χ0) is 53.2. The van der Waals surface area contributed by atoms with Gasteiger partial charge in [0, 0.05) is 76.6 Å². The molecule has 13 unspecified atom stereocenters. The fourth-order valence-electron chi connectivity index (χ4n) is 9.86. The predicted molar refractivity (Wildman–Crippen MR) is 274 cm³/mol. The lowest BCUT2D eigenvalue weighted by atomic mass is 9.86. The van der Waals surface area contributed by atoms with Crippen molar-refractivity contribution in [1.82, 2.24) is 19.8 Å². The number of aliphatic hydroxyl groups excluding tert-OH is 4. The first kappa shape index (κ1) is 62.9. The highest BCUT2D eigenvalue weighted by Crippen LogP contribution is 2.32. The molecule has 1 aliphatic carbocycles. The predicted octanol–water partition coefficient (Wildman–Crippen LogP) is 4.80. The molecule has 0 amide bonds. The number of benzene rings is 1. The summed E-state index contributed by atoms with van der Waals surface area (Å²) in [6.07, 6.45) is 4.90. The summed E-state index contributed by atoms with van der Waals surface area (Å²) < 4.78 is 58.4. The Kier molecular flexibility index (Phi) is 27.4. The Morgan fingerprint density at radius 2 is 1.63 bits per heavy atom. The van der Waals surface area contributed by atoms with Gasteiger partial charge in [-0.3, -0.25) is 4.79 Å². The molecular weight excluding hydrogens is 938 g/mol. The molecular formula is C52H94FN5O12S. The van der Waals surface area contributed by atoms with Gasteiger partial charge in [-0.15, -0.1) is 0 Å². The minimum Gasteiger partial charge on any atom is -0.459 e. The molecule has 5 rings (SSSR count). The van der Waals surface area contributed by atoms with E-state index in [1.165, 1.54) is 6.92 Å². The molecule has 3 saturated heterocycles. The van der Waals surface area contributed by atoms with Crippen LogP contribution in [0.25, 0.3) is 0 Å². The van der Waals surface area contributed by atoms with Gasteiger partial charge >= 0.3 is 5.97 Å². The summed E-state index contributed by atoms with van der Waals surface area (Å²) in [5, 5.41) is 53.1. The molecule has 412 valence electrons. The van der Waals surface area contributed by atoms with Crippen molar-refractivity contribution in [3.8, 4) is 0 Å². The van der Waals surface area contributed by atoms with Crippen LogP contribution in [0.4, 0.5) is 4.39 Å². The first-order chi connectivity index (χ1) is 33.6. The van der Waals surface area contributed by atoms with E-state index in [-0.39, 0.29) is 30.2 Å². The molecule has 4 aliphatic rings. The van der Waals surface area contributed by atoms with Gasteiger partial charge in [0.2, 0.25) is 0 Å². The Labute approximate surface area is 427 Å². The van der Waals surface area contributed by atoms with Crippen molar-refractivity contribution in [2.24, 2.45) is 23.5 Å². The van der Waals surface area contributed by atoms with Crippen LogP contribution in [0.3, 0.4) is 0 Å². The van der Waals surface area contributed by atoms with Crippen molar-refractivity contribution < 1.29 is 62.6 Å². The van der Waals surface area contributed by atoms with E-state index in [1.54, 1.807) is 32.4 Å². The molecule has 1 saturated carbocycles. The number of carbonyl (C=O) groups is 1. The van der Waals surface area contributed by atoms with E-state index in [2.05, 4.69) is 28.8 Å². The smallest absolute Gasteiger partial charge is 0.311 e. The number of alkyl halides is 1. The number of hydrogen-bond acceptors (Lipinski definition) is 16. The van der Waals surface area contributed by atoms with Crippen LogP contribution in [-0.2, 0) is 39.5 Å². The molecule has 9 N–H and O–H groups in total. The number of rotatable bonds is 16. The molecule has 0 aromatic heterocycles. The number of nitrogens with one attached hydrogen (secondary N) is 2. The Morgan fingerprint density at radius 3 is 2.21 bits per heavy atom. The van der Waals surface area contributed by atoms with Gasteiger partial charge in [-0.2, -0.15) is 0 Å². The number of cyclic esters (lactones) is 1. The topological polar surface area (TPSA) is 238 Å². The summed E-state index contributed by atoms with van der Waals surface area (Å²) in [5.41, 5.74) is 5.95. The number of ether oxygens (including phenoxy) is 5. The molecule has 0 radical (unpaired) electrons. The second-order valence-corrected chi connectivity index (χ2v) is 22.2. The third kappa shape index (κ3) is 20.4. The summed E-state index contributed by atoms with van der Waals surface area (Å²) in [6, 6.07) is 6.81. The van der Waals surface area contributed by atoms with Gasteiger partial charge < -0.3 is 70.1 Å². The van der Waals surface area contributed by atoms with Crippen molar-refractivity contribution in [2.45, 2.75) is 216 Å². The van der Waals surface area contributed by atoms with Crippen molar-refractivity contribution in [2.75, 3.05) is 48.1 Å². The van der Waals surface area contributed by atoms with Crippen LogP contribution in [0.15, 0.2) is 41.1 Å². The van der Waals surface area contributed by atoms with Crippen LogP contribution in [0.5, 0.6) is 0 Å². The molecule has 19 heteroatoms. The Hall–Kier alpha value is -2.37. The second kappa shape index (κ2) is 30.9. The number of nitrogens with two attached hydrogens (primary N) is 1. The number of nitrogens with zero attached hydrogens (tertiary/aromatic N) is 2. The molecule has 3 aliphatic heterocycles. The molecule has 17 nitrogen and oxygen atoms in total. The molecule has 0 spiro atoms. The van der Waals surface area contributed by atoms with E-state index in [9.17, 15) is 33.8 Å². The molecule has 0 bridgehead atoms. The number of carbonyl (C=O) groups excluding carboxylic acids is 1. The average Bonchev–Trinajstić information content (AvgIpc) is 4.15. The first-order valence-electron chi connectivity index (χ1n) is 25.9. The highest BCUT2D eigenvalue weighted by atomic mass is 32.2. The normalized spacial score (nSPS) is 35.3. The molecule has 3 heterocycles. The molecule has 4 fully saturated rings. The van der Waals surface area contributed by atoms with Crippen LogP contribution in [0, 0.1) is 17.8 Å². The van der Waals surface area contributed by atoms with Gasteiger partial charge in [0.05, 0.1) is 41.3 Å². The average molecular weight is 1030 g/mol. The zero-order valence-corrected chi connectivity index (χ0v) is 45.7. The lowest BCUT2D eigenvalue weighted by Gasteiger charge is -2.42. The van der Waals surface area contributed by atoms with Crippen LogP contribution >= 0.6 is 0 Å². The van der Waals surface area contributed by atoms with E-state index in [4.69, 9.17) is 34.5 Å². The Morgan fingerprint density at radius 1 is 0.986 bits per heavy atom. The van der Waals surface area contributed by atoms with Crippen LogP contribution in [0.1, 0.15) is 138 Å². The maximum Gasteiger partial charge on any atom is 0.311 e. The fraction of sp³-hybridized carbons (Fsp3) is 0.827. The highest BCUT2D eigenvalue weighted by molar-refractivity contribution is 7.83. The third-order valence-corrected chi connectivity index (χ3v) is 15.7. The standard InChI is InChI=1S/C27H51NO7.C24H39FN4O4S.CH4O/c1-9-23-27(7,32)25(30)20(6)28(8)15-17(3)13-21(29)10-11-22(19(5)26(31)35-23)34-24-14-16(2)12-18(4)33-24;1-16-12-20(13-23(30)33-16)29(2)11-10-18(26)15-27-22(14-25)24(32-3)17-4-8-21(9-5-17)34(31)28-19-6-7-19;1-2/h16-25,29-30,32H,9-15H2,1-8H3;4-5,8-9,15-16,19-20,22-24,27-28,30H,6-7,10-14,26H2,1-3H3;2H,1H3/b;18-15-;/t16?,17-,18?,19?,20?,21?,22+,23-,24+,25?,27?;;/m1../s1.